The van der Waals surface area contributed by atoms with E-state index in [2.05, 4.69) is 0 Å². The zero-order valence-electron chi connectivity index (χ0n) is 9.40. The van der Waals surface area contributed by atoms with Crippen molar-refractivity contribution >= 4 is 11.9 Å². The van der Waals surface area contributed by atoms with Gasteiger partial charge in [-0.25, -0.2) is 0 Å². The van der Waals surface area contributed by atoms with Gasteiger partial charge in [0, 0.05) is 0 Å². The molecule has 1 fully saturated rings. The molecule has 1 unspecified atom stereocenters. The number of rotatable bonds is 4. The van der Waals surface area contributed by atoms with Crippen LogP contribution in [-0.4, -0.2) is 25.1 Å². The highest BCUT2D eigenvalue weighted by molar-refractivity contribution is 6.01. The van der Waals surface area contributed by atoms with E-state index in [1.807, 2.05) is 24.3 Å². The normalized spacial score (nSPS) is 23.4. The summed E-state index contributed by atoms with van der Waals surface area (Å²) in [6, 6.07) is 7.52. The number of methoxy groups -OCH3 is 1. The average molecular weight is 218 g/mol. The van der Waals surface area contributed by atoms with Gasteiger partial charge in [-0.1, -0.05) is 18.2 Å². The molecule has 0 aliphatic carbocycles. The predicted molar refractivity (Wildman–Crippen MR) is 61.4 cm³/mol. The molecule has 1 aliphatic heterocycles. The molecule has 0 N–H and O–H groups in total. The van der Waals surface area contributed by atoms with Crippen molar-refractivity contribution in [3.8, 4) is 5.75 Å². The number of carbonyl (C=O) groups is 1. The smallest absolute Gasteiger partial charge is 0.189 e. The van der Waals surface area contributed by atoms with Crippen LogP contribution in [0.2, 0.25) is 0 Å². The molecule has 1 aromatic rings. The first-order chi connectivity index (χ1) is 7.64. The van der Waals surface area contributed by atoms with E-state index in [0.717, 1.165) is 11.3 Å². The van der Waals surface area contributed by atoms with E-state index in [1.165, 1.54) is 0 Å². The zero-order valence-corrected chi connectivity index (χ0v) is 9.40. The van der Waals surface area contributed by atoms with E-state index < -0.39 is 5.60 Å². The molecule has 3 heteroatoms. The molecule has 0 bridgehead atoms. The summed E-state index contributed by atoms with van der Waals surface area (Å²) in [6.07, 6.45) is 3.35. The second-order valence-electron chi connectivity index (χ2n) is 3.99. The van der Waals surface area contributed by atoms with Gasteiger partial charge in [-0.2, -0.15) is 0 Å². The van der Waals surface area contributed by atoms with Crippen molar-refractivity contribution < 1.29 is 14.3 Å². The highest BCUT2D eigenvalue weighted by Crippen LogP contribution is 2.27. The van der Waals surface area contributed by atoms with E-state index in [1.54, 1.807) is 26.2 Å². The SMILES string of the molecule is COc1ccc(/C=C/C(=O)C2(C)CO2)cc1. The van der Waals surface area contributed by atoms with Gasteiger partial charge < -0.3 is 9.47 Å². The third-order valence-corrected chi connectivity index (χ3v) is 2.64. The van der Waals surface area contributed by atoms with Crippen molar-refractivity contribution in [3.05, 3.63) is 35.9 Å². The minimum absolute atomic E-state index is 0.0170. The molecule has 3 nitrogen and oxygen atoms in total. The van der Waals surface area contributed by atoms with Crippen LogP contribution in [0.3, 0.4) is 0 Å². The molecule has 1 aromatic carbocycles. The number of epoxide rings is 1. The lowest BCUT2D eigenvalue weighted by atomic mass is 10.1. The fourth-order valence-electron chi connectivity index (χ4n) is 1.31. The molecule has 1 heterocycles. The quantitative estimate of drug-likeness (QED) is 0.573. The van der Waals surface area contributed by atoms with E-state index in [-0.39, 0.29) is 5.78 Å². The second kappa shape index (κ2) is 4.10. The summed E-state index contributed by atoms with van der Waals surface area (Å²) < 4.78 is 10.1. The van der Waals surface area contributed by atoms with Gasteiger partial charge in [0.25, 0.3) is 0 Å². The molecule has 16 heavy (non-hydrogen) atoms. The van der Waals surface area contributed by atoms with Crippen molar-refractivity contribution in [1.82, 2.24) is 0 Å². The zero-order chi connectivity index (χ0) is 11.6. The van der Waals surface area contributed by atoms with Crippen molar-refractivity contribution in [2.75, 3.05) is 13.7 Å². The largest absolute Gasteiger partial charge is 0.497 e. The maximum atomic E-state index is 11.6. The highest BCUT2D eigenvalue weighted by atomic mass is 16.6. The number of benzene rings is 1. The van der Waals surface area contributed by atoms with Gasteiger partial charge in [0.05, 0.1) is 13.7 Å². The van der Waals surface area contributed by atoms with Gasteiger partial charge >= 0.3 is 0 Å². The first-order valence-corrected chi connectivity index (χ1v) is 5.14. The number of hydrogen-bond acceptors (Lipinski definition) is 3. The lowest BCUT2D eigenvalue weighted by Crippen LogP contribution is -2.17. The van der Waals surface area contributed by atoms with Crippen LogP contribution >= 0.6 is 0 Å². The van der Waals surface area contributed by atoms with E-state index in [0.29, 0.717) is 6.61 Å². The van der Waals surface area contributed by atoms with Crippen LogP contribution in [0.4, 0.5) is 0 Å². The Hall–Kier alpha value is -1.61. The third kappa shape index (κ3) is 2.31. The molecule has 2 rings (SSSR count). The van der Waals surface area contributed by atoms with E-state index in [4.69, 9.17) is 9.47 Å². The van der Waals surface area contributed by atoms with Gasteiger partial charge in [0.1, 0.15) is 5.75 Å². The summed E-state index contributed by atoms with van der Waals surface area (Å²) in [5.74, 6) is 0.823. The van der Waals surface area contributed by atoms with Crippen LogP contribution in [0.1, 0.15) is 12.5 Å². The molecule has 1 atom stereocenters. The first kappa shape index (κ1) is 10.9. The molecule has 1 saturated heterocycles. The molecular weight excluding hydrogens is 204 g/mol. The fourth-order valence-corrected chi connectivity index (χ4v) is 1.31. The van der Waals surface area contributed by atoms with Crippen molar-refractivity contribution in [3.63, 3.8) is 0 Å². The molecule has 0 saturated carbocycles. The summed E-state index contributed by atoms with van der Waals surface area (Å²) in [4.78, 5) is 11.6. The van der Waals surface area contributed by atoms with Crippen LogP contribution in [-0.2, 0) is 9.53 Å². The van der Waals surface area contributed by atoms with Gasteiger partial charge in [-0.05, 0) is 30.7 Å². The second-order valence-corrected chi connectivity index (χ2v) is 3.99. The van der Waals surface area contributed by atoms with Crippen LogP contribution in [0.5, 0.6) is 5.75 Å². The fraction of sp³-hybridized carbons (Fsp3) is 0.308. The Bertz CT molecular complexity index is 413. The summed E-state index contributed by atoms with van der Waals surface area (Å²) >= 11 is 0. The minimum Gasteiger partial charge on any atom is -0.497 e. The lowest BCUT2D eigenvalue weighted by Gasteiger charge is -2.00. The number of carbonyl (C=O) groups excluding carboxylic acids is 1. The summed E-state index contributed by atoms with van der Waals surface area (Å²) in [6.45, 7) is 2.33. The molecule has 0 radical (unpaired) electrons. The van der Waals surface area contributed by atoms with Gasteiger partial charge in [-0.3, -0.25) is 4.79 Å². The molecule has 0 aromatic heterocycles. The molecule has 1 aliphatic rings. The van der Waals surface area contributed by atoms with Gasteiger partial charge in [0.15, 0.2) is 11.4 Å². The topological polar surface area (TPSA) is 38.8 Å². The molecule has 84 valence electrons. The van der Waals surface area contributed by atoms with Crippen molar-refractivity contribution in [2.24, 2.45) is 0 Å². The third-order valence-electron chi connectivity index (χ3n) is 2.64. The first-order valence-electron chi connectivity index (χ1n) is 5.14. The van der Waals surface area contributed by atoms with Crippen LogP contribution < -0.4 is 4.74 Å². The Labute approximate surface area is 94.7 Å². The summed E-state index contributed by atoms with van der Waals surface area (Å²) in [5.41, 5.74) is 0.404. The Morgan fingerprint density at radius 3 is 2.56 bits per heavy atom. The van der Waals surface area contributed by atoms with Crippen molar-refractivity contribution in [1.29, 1.82) is 0 Å². The average Bonchev–Trinajstić information content (AvgIpc) is 3.06. The highest BCUT2D eigenvalue weighted by Gasteiger charge is 2.45. The number of hydrogen-bond donors (Lipinski definition) is 0. The molecule has 0 spiro atoms. The Kier molecular flexibility index (Phi) is 2.79. The minimum atomic E-state index is -0.566. The van der Waals surface area contributed by atoms with Crippen LogP contribution in [0.15, 0.2) is 30.3 Å². The standard InChI is InChI=1S/C13H14O3/c1-13(9-16-13)12(14)8-5-10-3-6-11(15-2)7-4-10/h3-8H,9H2,1-2H3/b8-5+. The summed E-state index contributed by atoms with van der Waals surface area (Å²) in [5, 5.41) is 0. The maximum absolute atomic E-state index is 11.6. The monoisotopic (exact) mass is 218 g/mol. The van der Waals surface area contributed by atoms with Crippen LogP contribution in [0, 0.1) is 0 Å². The maximum Gasteiger partial charge on any atom is 0.189 e. The Morgan fingerprint density at radius 1 is 1.44 bits per heavy atom. The van der Waals surface area contributed by atoms with E-state index in [9.17, 15) is 4.79 Å². The van der Waals surface area contributed by atoms with Crippen molar-refractivity contribution in [2.45, 2.75) is 12.5 Å². The molecule has 0 amide bonds. The lowest BCUT2D eigenvalue weighted by molar-refractivity contribution is -0.118. The molecular formula is C13H14O3. The van der Waals surface area contributed by atoms with Gasteiger partial charge in [-0.15, -0.1) is 0 Å². The Balaban J connectivity index is 2.03. The van der Waals surface area contributed by atoms with E-state index >= 15 is 0 Å². The summed E-state index contributed by atoms with van der Waals surface area (Å²) in [7, 11) is 1.62. The number of ether oxygens (including phenoxy) is 2. The van der Waals surface area contributed by atoms with Gasteiger partial charge in [0.2, 0.25) is 0 Å². The van der Waals surface area contributed by atoms with Crippen LogP contribution in [0.25, 0.3) is 6.08 Å². The number of ketones is 1. The predicted octanol–water partition coefficient (Wildman–Crippen LogP) is 2.07. The Morgan fingerprint density at radius 2 is 2.06 bits per heavy atom.